The first kappa shape index (κ1) is 14.1. The summed E-state index contributed by atoms with van der Waals surface area (Å²) in [6, 6.07) is 9.17. The number of aromatic nitrogens is 2. The fraction of sp³-hybridized carbons (Fsp3) is 0.235. The maximum atomic E-state index is 12.9. The lowest BCUT2D eigenvalue weighted by molar-refractivity contribution is -0.137. The van der Waals surface area contributed by atoms with Crippen molar-refractivity contribution in [1.82, 2.24) is 9.66 Å². The fourth-order valence-electron chi connectivity index (χ4n) is 2.79. The van der Waals surface area contributed by atoms with E-state index >= 15 is 0 Å². The lowest BCUT2D eigenvalue weighted by atomic mass is 10.0. The summed E-state index contributed by atoms with van der Waals surface area (Å²) >= 11 is 0. The highest BCUT2D eigenvalue weighted by Gasteiger charge is 2.30. The molecule has 2 aromatic heterocycles. The quantitative estimate of drug-likeness (QED) is 0.710. The van der Waals surface area contributed by atoms with Crippen LogP contribution in [-0.2, 0) is 6.18 Å². The Morgan fingerprint density at radius 2 is 1.83 bits per heavy atom. The molecule has 0 unspecified atom stereocenters. The van der Waals surface area contributed by atoms with E-state index in [9.17, 15) is 13.2 Å². The summed E-state index contributed by atoms with van der Waals surface area (Å²) in [6.07, 6.45) is 0.386. The van der Waals surface area contributed by atoms with E-state index in [0.717, 1.165) is 36.6 Å². The van der Waals surface area contributed by atoms with E-state index in [4.69, 9.17) is 0 Å². The molecule has 1 aromatic carbocycles. The van der Waals surface area contributed by atoms with Crippen LogP contribution in [0, 0.1) is 0 Å². The second-order valence-corrected chi connectivity index (χ2v) is 5.67. The molecular formula is C17H14F3N3. The van der Waals surface area contributed by atoms with Crippen LogP contribution in [0.1, 0.15) is 12.0 Å². The third-order valence-corrected chi connectivity index (χ3v) is 4.18. The molecule has 0 amide bonds. The van der Waals surface area contributed by atoms with Gasteiger partial charge in [-0.3, -0.25) is 9.66 Å². The van der Waals surface area contributed by atoms with E-state index in [1.54, 1.807) is 12.3 Å². The number of benzene rings is 1. The zero-order valence-corrected chi connectivity index (χ0v) is 12.2. The van der Waals surface area contributed by atoms with Gasteiger partial charge in [0.05, 0.1) is 16.6 Å². The molecule has 0 aliphatic carbocycles. The van der Waals surface area contributed by atoms with Crippen LogP contribution in [0.15, 0.2) is 48.8 Å². The summed E-state index contributed by atoms with van der Waals surface area (Å²) in [7, 11) is 0. The molecule has 0 atom stereocenters. The van der Waals surface area contributed by atoms with Crippen molar-refractivity contribution in [2.45, 2.75) is 12.6 Å². The van der Waals surface area contributed by atoms with Gasteiger partial charge >= 0.3 is 6.18 Å². The van der Waals surface area contributed by atoms with Crippen molar-refractivity contribution in [1.29, 1.82) is 0 Å². The van der Waals surface area contributed by atoms with Crippen LogP contribution < -0.4 is 5.01 Å². The number of hydrogen-bond acceptors (Lipinski definition) is 2. The molecule has 1 saturated heterocycles. The Labute approximate surface area is 130 Å². The molecule has 0 N–H and O–H groups in total. The number of fused-ring (bicyclic) bond motifs is 1. The molecule has 3 nitrogen and oxygen atoms in total. The predicted octanol–water partition coefficient (Wildman–Crippen LogP) is 4.06. The van der Waals surface area contributed by atoms with Crippen LogP contribution in [0.3, 0.4) is 0 Å². The zero-order valence-electron chi connectivity index (χ0n) is 12.2. The van der Waals surface area contributed by atoms with E-state index in [0.29, 0.717) is 11.1 Å². The van der Waals surface area contributed by atoms with E-state index < -0.39 is 11.7 Å². The van der Waals surface area contributed by atoms with E-state index in [1.807, 2.05) is 23.0 Å². The number of rotatable bonds is 2. The van der Waals surface area contributed by atoms with E-state index in [2.05, 4.69) is 9.99 Å². The highest BCUT2D eigenvalue weighted by molar-refractivity contribution is 5.82. The minimum absolute atomic E-state index is 0.519. The third kappa shape index (κ3) is 2.44. The molecule has 0 radical (unpaired) electrons. The van der Waals surface area contributed by atoms with Gasteiger partial charge < -0.3 is 5.01 Å². The Morgan fingerprint density at radius 1 is 1.00 bits per heavy atom. The Bertz CT molecular complexity index is 863. The van der Waals surface area contributed by atoms with Gasteiger partial charge in [0.1, 0.15) is 0 Å². The topological polar surface area (TPSA) is 21.1 Å². The summed E-state index contributed by atoms with van der Waals surface area (Å²) in [6.45, 7) is 1.97. The predicted molar refractivity (Wildman–Crippen MR) is 82.7 cm³/mol. The van der Waals surface area contributed by atoms with Gasteiger partial charge in [-0.25, -0.2) is 0 Å². The average molecular weight is 317 g/mol. The zero-order chi connectivity index (χ0) is 16.0. The SMILES string of the molecule is FC(F)(F)c1cccc(-c2cnc3ccn(N4CCC4)c3c2)c1. The highest BCUT2D eigenvalue weighted by Crippen LogP contribution is 2.32. The van der Waals surface area contributed by atoms with Crippen LogP contribution in [0.4, 0.5) is 13.2 Å². The van der Waals surface area contributed by atoms with Crippen molar-refractivity contribution in [2.24, 2.45) is 0 Å². The molecule has 0 spiro atoms. The molecular weight excluding hydrogens is 303 g/mol. The van der Waals surface area contributed by atoms with Crippen LogP contribution in [0.2, 0.25) is 0 Å². The molecule has 1 aliphatic rings. The molecule has 3 heterocycles. The highest BCUT2D eigenvalue weighted by atomic mass is 19.4. The molecule has 1 aliphatic heterocycles. The van der Waals surface area contributed by atoms with Crippen molar-refractivity contribution in [3.05, 3.63) is 54.4 Å². The van der Waals surface area contributed by atoms with Crippen molar-refractivity contribution in [2.75, 3.05) is 18.1 Å². The number of nitrogens with zero attached hydrogens (tertiary/aromatic N) is 3. The second-order valence-electron chi connectivity index (χ2n) is 5.67. The Balaban J connectivity index is 1.80. The molecule has 3 aromatic rings. The largest absolute Gasteiger partial charge is 0.416 e. The lowest BCUT2D eigenvalue weighted by Gasteiger charge is -2.34. The monoisotopic (exact) mass is 317 g/mol. The second kappa shape index (κ2) is 5.01. The van der Waals surface area contributed by atoms with Gasteiger partial charge in [0.2, 0.25) is 0 Å². The average Bonchev–Trinajstić information content (AvgIpc) is 2.88. The van der Waals surface area contributed by atoms with E-state index in [-0.39, 0.29) is 0 Å². The summed E-state index contributed by atoms with van der Waals surface area (Å²) in [5.41, 5.74) is 2.31. The maximum absolute atomic E-state index is 12.9. The van der Waals surface area contributed by atoms with Gasteiger partial charge in [-0.05, 0) is 36.2 Å². The van der Waals surface area contributed by atoms with Crippen molar-refractivity contribution >= 4 is 11.0 Å². The van der Waals surface area contributed by atoms with Gasteiger partial charge in [-0.15, -0.1) is 0 Å². The van der Waals surface area contributed by atoms with Crippen LogP contribution in [0.25, 0.3) is 22.2 Å². The molecule has 0 saturated carbocycles. The van der Waals surface area contributed by atoms with Crippen LogP contribution >= 0.6 is 0 Å². The Hall–Kier alpha value is -2.50. The molecule has 4 rings (SSSR count). The number of pyridine rings is 1. The van der Waals surface area contributed by atoms with Crippen LogP contribution in [0.5, 0.6) is 0 Å². The van der Waals surface area contributed by atoms with E-state index in [1.165, 1.54) is 12.1 Å². The summed E-state index contributed by atoms with van der Waals surface area (Å²) in [5, 5.41) is 2.18. The number of alkyl halides is 3. The first-order valence-corrected chi connectivity index (χ1v) is 7.42. The van der Waals surface area contributed by atoms with Gasteiger partial charge in [-0.2, -0.15) is 13.2 Å². The first-order valence-electron chi connectivity index (χ1n) is 7.42. The standard InChI is InChI=1S/C17H14F3N3/c18-17(19,20)14-4-1-3-12(9-14)13-10-16-15(21-11-13)5-8-23(16)22-6-2-7-22/h1,3-5,8-11H,2,6-7H2. The summed E-state index contributed by atoms with van der Waals surface area (Å²) < 4.78 is 40.7. The van der Waals surface area contributed by atoms with Gasteiger partial charge in [-0.1, -0.05) is 12.1 Å². The van der Waals surface area contributed by atoms with Crippen molar-refractivity contribution in [3.8, 4) is 11.1 Å². The minimum atomic E-state index is -4.34. The normalized spacial score (nSPS) is 15.0. The molecule has 118 valence electrons. The van der Waals surface area contributed by atoms with Gasteiger partial charge in [0.15, 0.2) is 0 Å². The maximum Gasteiger partial charge on any atom is 0.416 e. The molecule has 1 fully saturated rings. The van der Waals surface area contributed by atoms with Crippen molar-refractivity contribution in [3.63, 3.8) is 0 Å². The van der Waals surface area contributed by atoms with Gasteiger partial charge in [0, 0.05) is 31.0 Å². The number of halogens is 3. The van der Waals surface area contributed by atoms with Gasteiger partial charge in [0.25, 0.3) is 0 Å². The smallest absolute Gasteiger partial charge is 0.313 e. The van der Waals surface area contributed by atoms with Crippen LogP contribution in [-0.4, -0.2) is 22.7 Å². The number of hydrogen-bond donors (Lipinski definition) is 0. The summed E-state index contributed by atoms with van der Waals surface area (Å²) in [5.74, 6) is 0. The Kier molecular flexibility index (Phi) is 3.07. The molecule has 23 heavy (non-hydrogen) atoms. The minimum Gasteiger partial charge on any atom is -0.313 e. The lowest BCUT2D eigenvalue weighted by Crippen LogP contribution is -2.45. The third-order valence-electron chi connectivity index (χ3n) is 4.18. The Morgan fingerprint density at radius 3 is 2.52 bits per heavy atom. The molecule has 6 heteroatoms. The summed E-state index contributed by atoms with van der Waals surface area (Å²) in [4.78, 5) is 4.38. The molecule has 0 bridgehead atoms. The first-order chi connectivity index (χ1) is 11.0. The fourth-order valence-corrected chi connectivity index (χ4v) is 2.79. The van der Waals surface area contributed by atoms with Crippen molar-refractivity contribution < 1.29 is 13.2 Å².